The summed E-state index contributed by atoms with van der Waals surface area (Å²) >= 11 is 0. The lowest BCUT2D eigenvalue weighted by molar-refractivity contribution is 0.136. The second-order valence-corrected chi connectivity index (χ2v) is 5.35. The van der Waals surface area contributed by atoms with Crippen molar-refractivity contribution in [3.05, 3.63) is 17.7 Å². The number of rotatable bonds is 11. The van der Waals surface area contributed by atoms with E-state index in [1.807, 2.05) is 12.1 Å². The van der Waals surface area contributed by atoms with Crippen LogP contribution in [0.15, 0.2) is 17.1 Å². The Balaban J connectivity index is 2.55. The molecule has 1 aromatic rings. The molecule has 0 spiro atoms. The fourth-order valence-electron chi connectivity index (χ4n) is 2.23. The third-order valence-electron chi connectivity index (χ3n) is 3.59. The van der Waals surface area contributed by atoms with E-state index in [9.17, 15) is 0 Å². The van der Waals surface area contributed by atoms with Crippen molar-refractivity contribution in [3.8, 4) is 17.2 Å². The van der Waals surface area contributed by atoms with E-state index < -0.39 is 0 Å². The first-order valence-electron chi connectivity index (χ1n) is 8.51. The highest BCUT2D eigenvalue weighted by atomic mass is 16.5. The van der Waals surface area contributed by atoms with Crippen molar-refractivity contribution in [2.45, 2.75) is 26.3 Å². The van der Waals surface area contributed by atoms with Gasteiger partial charge in [-0.1, -0.05) is 13.3 Å². The van der Waals surface area contributed by atoms with Gasteiger partial charge in [-0.05, 0) is 24.1 Å². The maximum Gasteiger partial charge on any atom is 0.203 e. The van der Waals surface area contributed by atoms with Crippen molar-refractivity contribution < 1.29 is 18.9 Å². The first-order chi connectivity index (χ1) is 12.2. The molecule has 0 saturated heterocycles. The predicted molar refractivity (Wildman–Crippen MR) is 100 cm³/mol. The molecular formula is C18H31N3O4. The van der Waals surface area contributed by atoms with Crippen LogP contribution in [-0.2, 0) is 11.3 Å². The van der Waals surface area contributed by atoms with Gasteiger partial charge in [-0.3, -0.25) is 4.99 Å². The Morgan fingerprint density at radius 2 is 1.68 bits per heavy atom. The second-order valence-electron chi connectivity index (χ2n) is 5.35. The van der Waals surface area contributed by atoms with Gasteiger partial charge in [0.05, 0.1) is 27.9 Å². The van der Waals surface area contributed by atoms with E-state index in [4.69, 9.17) is 18.9 Å². The minimum atomic E-state index is 0.576. The molecule has 7 nitrogen and oxygen atoms in total. The molecule has 142 valence electrons. The normalized spacial score (nSPS) is 11.2. The highest BCUT2D eigenvalue weighted by Crippen LogP contribution is 2.38. The molecule has 0 aromatic heterocycles. The number of hydrogen-bond donors (Lipinski definition) is 2. The molecule has 0 atom stereocenters. The Hall–Kier alpha value is -2.15. The molecule has 25 heavy (non-hydrogen) atoms. The Morgan fingerprint density at radius 3 is 2.20 bits per heavy atom. The van der Waals surface area contributed by atoms with Crippen LogP contribution in [0.25, 0.3) is 0 Å². The van der Waals surface area contributed by atoms with Gasteiger partial charge in [-0.15, -0.1) is 0 Å². The second kappa shape index (κ2) is 12.2. The van der Waals surface area contributed by atoms with Gasteiger partial charge in [-0.25, -0.2) is 0 Å². The summed E-state index contributed by atoms with van der Waals surface area (Å²) in [6.45, 7) is 4.89. The van der Waals surface area contributed by atoms with Gasteiger partial charge in [0.2, 0.25) is 5.75 Å². The largest absolute Gasteiger partial charge is 0.493 e. The molecule has 1 aromatic carbocycles. The number of nitrogens with zero attached hydrogens (tertiary/aromatic N) is 1. The number of nitrogens with one attached hydrogen (secondary N) is 2. The van der Waals surface area contributed by atoms with Crippen LogP contribution < -0.4 is 24.8 Å². The lowest BCUT2D eigenvalue weighted by atomic mass is 10.2. The zero-order chi connectivity index (χ0) is 18.5. The summed E-state index contributed by atoms with van der Waals surface area (Å²) in [6, 6.07) is 3.82. The zero-order valence-electron chi connectivity index (χ0n) is 16.0. The molecule has 0 bridgehead atoms. The van der Waals surface area contributed by atoms with Crippen molar-refractivity contribution in [1.29, 1.82) is 0 Å². The highest BCUT2D eigenvalue weighted by molar-refractivity contribution is 5.79. The molecule has 0 heterocycles. The molecule has 0 aliphatic heterocycles. The van der Waals surface area contributed by atoms with E-state index in [0.717, 1.165) is 25.0 Å². The third kappa shape index (κ3) is 7.09. The number of methoxy groups -OCH3 is 3. The Kier molecular flexibility index (Phi) is 10.2. The Bertz CT molecular complexity index is 510. The highest BCUT2D eigenvalue weighted by Gasteiger charge is 2.13. The average Bonchev–Trinajstić information content (AvgIpc) is 2.65. The summed E-state index contributed by atoms with van der Waals surface area (Å²) in [6.07, 6.45) is 2.24. The van der Waals surface area contributed by atoms with Crippen LogP contribution in [-0.4, -0.2) is 54.1 Å². The SMILES string of the molecule is CCCCOCCNC(=NC)NCc1cc(OC)c(OC)c(OC)c1. The van der Waals surface area contributed by atoms with Crippen molar-refractivity contribution in [1.82, 2.24) is 10.6 Å². The Labute approximate surface area is 150 Å². The molecule has 7 heteroatoms. The fraction of sp³-hybridized carbons (Fsp3) is 0.611. The summed E-state index contributed by atoms with van der Waals surface area (Å²) in [5.74, 6) is 2.56. The van der Waals surface area contributed by atoms with Gasteiger partial charge in [0.25, 0.3) is 0 Å². The lowest BCUT2D eigenvalue weighted by Crippen LogP contribution is -2.38. The molecule has 1 rings (SSSR count). The molecule has 0 unspecified atom stereocenters. The van der Waals surface area contributed by atoms with Crippen LogP contribution in [0, 0.1) is 0 Å². The van der Waals surface area contributed by atoms with Crippen molar-refractivity contribution in [2.75, 3.05) is 48.1 Å². The van der Waals surface area contributed by atoms with Crippen molar-refractivity contribution >= 4 is 5.96 Å². The van der Waals surface area contributed by atoms with E-state index in [1.165, 1.54) is 0 Å². The number of guanidine groups is 1. The molecule has 0 radical (unpaired) electrons. The van der Waals surface area contributed by atoms with Crippen molar-refractivity contribution in [2.24, 2.45) is 4.99 Å². The maximum absolute atomic E-state index is 5.53. The van der Waals surface area contributed by atoms with Gasteiger partial charge in [0.15, 0.2) is 17.5 Å². The minimum absolute atomic E-state index is 0.576. The zero-order valence-corrected chi connectivity index (χ0v) is 16.0. The molecule has 2 N–H and O–H groups in total. The number of benzene rings is 1. The van der Waals surface area contributed by atoms with E-state index in [1.54, 1.807) is 28.4 Å². The standard InChI is InChI=1S/C18H31N3O4/c1-6-7-9-25-10-8-20-18(19-2)21-13-14-11-15(22-3)17(24-5)16(12-14)23-4/h11-12H,6-10,13H2,1-5H3,(H2,19,20,21). The first kappa shape index (κ1) is 20.9. The first-order valence-corrected chi connectivity index (χ1v) is 8.51. The quantitative estimate of drug-likeness (QED) is 0.361. The minimum Gasteiger partial charge on any atom is -0.493 e. The summed E-state index contributed by atoms with van der Waals surface area (Å²) in [4.78, 5) is 4.21. The summed E-state index contributed by atoms with van der Waals surface area (Å²) in [5.41, 5.74) is 0.997. The molecule has 0 saturated carbocycles. The van der Waals surface area contributed by atoms with Gasteiger partial charge in [0.1, 0.15) is 0 Å². The predicted octanol–water partition coefficient (Wildman–Crippen LogP) is 2.19. The maximum atomic E-state index is 5.53. The average molecular weight is 353 g/mol. The Morgan fingerprint density at radius 1 is 1.00 bits per heavy atom. The van der Waals surface area contributed by atoms with E-state index in [2.05, 4.69) is 22.5 Å². The summed E-state index contributed by atoms with van der Waals surface area (Å²) in [7, 11) is 6.54. The van der Waals surface area contributed by atoms with E-state index in [-0.39, 0.29) is 0 Å². The van der Waals surface area contributed by atoms with Crippen LogP contribution in [0.3, 0.4) is 0 Å². The van der Waals surface area contributed by atoms with E-state index >= 15 is 0 Å². The molecular weight excluding hydrogens is 322 g/mol. The van der Waals surface area contributed by atoms with Crippen LogP contribution >= 0.6 is 0 Å². The van der Waals surface area contributed by atoms with Crippen LogP contribution in [0.4, 0.5) is 0 Å². The third-order valence-corrected chi connectivity index (χ3v) is 3.59. The molecule has 0 aliphatic carbocycles. The number of unbranched alkanes of at least 4 members (excludes halogenated alkanes) is 1. The van der Waals surface area contributed by atoms with Crippen LogP contribution in [0.1, 0.15) is 25.3 Å². The number of hydrogen-bond acceptors (Lipinski definition) is 5. The topological polar surface area (TPSA) is 73.3 Å². The molecule has 0 aliphatic rings. The van der Waals surface area contributed by atoms with Gasteiger partial charge in [0, 0.05) is 26.7 Å². The number of ether oxygens (including phenoxy) is 4. The fourth-order valence-corrected chi connectivity index (χ4v) is 2.23. The smallest absolute Gasteiger partial charge is 0.203 e. The van der Waals surface area contributed by atoms with Crippen molar-refractivity contribution in [3.63, 3.8) is 0 Å². The van der Waals surface area contributed by atoms with Gasteiger partial charge < -0.3 is 29.6 Å². The van der Waals surface area contributed by atoms with E-state index in [0.29, 0.717) is 42.9 Å². The summed E-state index contributed by atoms with van der Waals surface area (Å²) < 4.78 is 21.6. The number of aliphatic imine (C=N–C) groups is 1. The van der Waals surface area contributed by atoms with Crippen LogP contribution in [0.2, 0.25) is 0 Å². The van der Waals surface area contributed by atoms with Crippen LogP contribution in [0.5, 0.6) is 17.2 Å². The molecule has 0 amide bonds. The van der Waals surface area contributed by atoms with Gasteiger partial charge >= 0.3 is 0 Å². The lowest BCUT2D eigenvalue weighted by Gasteiger charge is -2.16. The molecule has 0 fully saturated rings. The monoisotopic (exact) mass is 353 g/mol. The summed E-state index contributed by atoms with van der Waals surface area (Å²) in [5, 5.41) is 6.48. The van der Waals surface area contributed by atoms with Gasteiger partial charge in [-0.2, -0.15) is 0 Å².